The number of pyridine rings is 1. The molecule has 0 saturated heterocycles. The second-order valence-electron chi connectivity index (χ2n) is 3.64. The number of halogens is 3. The summed E-state index contributed by atoms with van der Waals surface area (Å²) in [6.45, 7) is 0.394. The lowest BCUT2D eigenvalue weighted by atomic mass is 10.2. The molecule has 0 aliphatic rings. The van der Waals surface area contributed by atoms with Crippen LogP contribution in [0.1, 0.15) is 11.3 Å². The maximum absolute atomic E-state index is 6.06. The second kappa shape index (κ2) is 6.41. The van der Waals surface area contributed by atoms with Crippen LogP contribution in [-0.4, -0.2) is 4.98 Å². The first-order valence-corrected chi connectivity index (χ1v) is 7.14. The predicted octanol–water partition coefficient (Wildman–Crippen LogP) is 4.86. The van der Waals surface area contributed by atoms with E-state index in [-0.39, 0.29) is 0 Å². The molecule has 1 heterocycles. The first-order valence-electron chi connectivity index (χ1n) is 5.26. The molecule has 1 aromatic heterocycles. The molecule has 1 aromatic carbocycles. The Hall–Kier alpha value is -0.770. The van der Waals surface area contributed by atoms with Gasteiger partial charge < -0.3 is 4.74 Å². The summed E-state index contributed by atoms with van der Waals surface area (Å²) in [4.78, 5) is 4.22. The molecule has 18 heavy (non-hydrogen) atoms. The van der Waals surface area contributed by atoms with Crippen molar-refractivity contribution in [3.05, 3.63) is 57.8 Å². The maximum atomic E-state index is 6.06. The molecule has 0 bridgehead atoms. The summed E-state index contributed by atoms with van der Waals surface area (Å²) in [6, 6.07) is 9.14. The Kier molecular flexibility index (Phi) is 4.87. The normalized spacial score (nSPS) is 10.4. The van der Waals surface area contributed by atoms with Gasteiger partial charge in [0.2, 0.25) is 0 Å². The van der Waals surface area contributed by atoms with E-state index >= 15 is 0 Å². The van der Waals surface area contributed by atoms with Crippen LogP contribution in [0.3, 0.4) is 0 Å². The third kappa shape index (κ3) is 3.61. The molecule has 0 aliphatic heterocycles. The molecule has 0 aliphatic carbocycles. The van der Waals surface area contributed by atoms with E-state index in [2.05, 4.69) is 20.9 Å². The third-order valence-electron chi connectivity index (χ3n) is 2.34. The lowest BCUT2D eigenvalue weighted by Crippen LogP contribution is -1.97. The minimum absolute atomic E-state index is 0.394. The van der Waals surface area contributed by atoms with Gasteiger partial charge in [-0.05, 0) is 24.3 Å². The first kappa shape index (κ1) is 13.7. The second-order valence-corrected chi connectivity index (χ2v) is 5.05. The van der Waals surface area contributed by atoms with E-state index in [1.165, 1.54) is 0 Å². The van der Waals surface area contributed by atoms with E-state index in [4.69, 9.17) is 27.9 Å². The Morgan fingerprint density at radius 3 is 2.61 bits per heavy atom. The van der Waals surface area contributed by atoms with Crippen LogP contribution in [0.15, 0.2) is 36.5 Å². The molecule has 0 spiro atoms. The summed E-state index contributed by atoms with van der Waals surface area (Å²) in [6.07, 6.45) is 1.69. The van der Waals surface area contributed by atoms with E-state index in [1.807, 2.05) is 18.2 Å². The van der Waals surface area contributed by atoms with Crippen LogP contribution in [0.5, 0.6) is 5.75 Å². The number of rotatable bonds is 4. The van der Waals surface area contributed by atoms with Crippen molar-refractivity contribution in [2.24, 2.45) is 0 Å². The van der Waals surface area contributed by atoms with Gasteiger partial charge in [0, 0.05) is 20.9 Å². The van der Waals surface area contributed by atoms with Gasteiger partial charge in [0.05, 0.1) is 11.9 Å². The van der Waals surface area contributed by atoms with Crippen LogP contribution in [0.4, 0.5) is 0 Å². The molecule has 2 aromatic rings. The molecule has 2 rings (SSSR count). The van der Waals surface area contributed by atoms with Crippen LogP contribution < -0.4 is 4.74 Å². The zero-order chi connectivity index (χ0) is 13.0. The minimum atomic E-state index is 0.394. The average Bonchev–Trinajstić information content (AvgIpc) is 2.38. The largest absolute Gasteiger partial charge is 0.487 e. The Balaban J connectivity index is 2.02. The molecule has 0 unspecified atom stereocenters. The van der Waals surface area contributed by atoms with Crippen molar-refractivity contribution < 1.29 is 4.74 Å². The number of ether oxygens (including phenoxy) is 1. The van der Waals surface area contributed by atoms with Gasteiger partial charge in [0.1, 0.15) is 12.4 Å². The Morgan fingerprint density at radius 1 is 1.17 bits per heavy atom. The van der Waals surface area contributed by atoms with Crippen LogP contribution in [0, 0.1) is 0 Å². The SMILES string of the molecule is Clc1ccc(COc2ccc(CBr)nc2)c(Cl)c1. The summed E-state index contributed by atoms with van der Waals surface area (Å²) in [5, 5.41) is 1.95. The van der Waals surface area contributed by atoms with Crippen molar-refractivity contribution in [3.8, 4) is 5.75 Å². The van der Waals surface area contributed by atoms with Crippen LogP contribution in [-0.2, 0) is 11.9 Å². The van der Waals surface area contributed by atoms with Crippen LogP contribution >= 0.6 is 39.1 Å². The summed E-state index contributed by atoms with van der Waals surface area (Å²) >= 11 is 15.2. The van der Waals surface area contributed by atoms with Gasteiger partial charge in [-0.25, -0.2) is 0 Å². The van der Waals surface area contributed by atoms with Crippen molar-refractivity contribution in [1.29, 1.82) is 0 Å². The molecule has 0 atom stereocenters. The molecule has 0 amide bonds. The average molecular weight is 347 g/mol. The van der Waals surface area contributed by atoms with Gasteiger partial charge in [-0.15, -0.1) is 0 Å². The standard InChI is InChI=1S/C13H10BrCl2NO/c14-6-11-3-4-12(7-17-11)18-8-9-1-2-10(15)5-13(9)16/h1-5,7H,6,8H2. The van der Waals surface area contributed by atoms with E-state index in [0.717, 1.165) is 16.6 Å². The highest BCUT2D eigenvalue weighted by atomic mass is 79.9. The molecule has 94 valence electrons. The molecule has 0 N–H and O–H groups in total. The summed E-state index contributed by atoms with van der Waals surface area (Å²) in [7, 11) is 0. The van der Waals surface area contributed by atoms with E-state index in [9.17, 15) is 0 Å². The molecular weight excluding hydrogens is 337 g/mol. The number of nitrogens with zero attached hydrogens (tertiary/aromatic N) is 1. The molecule has 0 radical (unpaired) electrons. The number of hydrogen-bond acceptors (Lipinski definition) is 2. The zero-order valence-corrected chi connectivity index (χ0v) is 12.5. The lowest BCUT2D eigenvalue weighted by Gasteiger charge is -2.08. The highest BCUT2D eigenvalue weighted by Gasteiger charge is 2.03. The van der Waals surface area contributed by atoms with Gasteiger partial charge >= 0.3 is 0 Å². The minimum Gasteiger partial charge on any atom is -0.487 e. The predicted molar refractivity (Wildman–Crippen MR) is 77.7 cm³/mol. The Morgan fingerprint density at radius 2 is 2.00 bits per heavy atom. The number of aromatic nitrogens is 1. The number of alkyl halides is 1. The number of benzene rings is 1. The highest BCUT2D eigenvalue weighted by Crippen LogP contribution is 2.22. The van der Waals surface area contributed by atoms with Crippen LogP contribution in [0.2, 0.25) is 10.0 Å². The van der Waals surface area contributed by atoms with Crippen molar-refractivity contribution in [3.63, 3.8) is 0 Å². The van der Waals surface area contributed by atoms with Crippen molar-refractivity contribution >= 4 is 39.1 Å². The van der Waals surface area contributed by atoms with Crippen molar-refractivity contribution in [2.75, 3.05) is 0 Å². The number of hydrogen-bond donors (Lipinski definition) is 0. The summed E-state index contributed by atoms with van der Waals surface area (Å²) in [5.74, 6) is 0.714. The zero-order valence-electron chi connectivity index (χ0n) is 9.37. The lowest BCUT2D eigenvalue weighted by molar-refractivity contribution is 0.305. The first-order chi connectivity index (χ1) is 8.69. The highest BCUT2D eigenvalue weighted by molar-refractivity contribution is 9.08. The van der Waals surface area contributed by atoms with Gasteiger partial charge in [0.15, 0.2) is 0 Å². The molecule has 0 saturated carbocycles. The van der Waals surface area contributed by atoms with Gasteiger partial charge in [-0.1, -0.05) is 45.2 Å². The van der Waals surface area contributed by atoms with E-state index in [0.29, 0.717) is 22.4 Å². The Labute approximate surface area is 124 Å². The van der Waals surface area contributed by atoms with E-state index in [1.54, 1.807) is 18.3 Å². The fourth-order valence-corrected chi connectivity index (χ4v) is 2.17. The molecule has 2 nitrogen and oxygen atoms in total. The summed E-state index contributed by atoms with van der Waals surface area (Å²) < 4.78 is 5.61. The van der Waals surface area contributed by atoms with Crippen molar-refractivity contribution in [1.82, 2.24) is 4.98 Å². The third-order valence-corrected chi connectivity index (χ3v) is 3.51. The van der Waals surface area contributed by atoms with Gasteiger partial charge in [-0.3, -0.25) is 4.98 Å². The van der Waals surface area contributed by atoms with Gasteiger partial charge in [-0.2, -0.15) is 0 Å². The summed E-state index contributed by atoms with van der Waals surface area (Å²) in [5.41, 5.74) is 1.86. The van der Waals surface area contributed by atoms with Crippen LogP contribution in [0.25, 0.3) is 0 Å². The quantitative estimate of drug-likeness (QED) is 0.737. The fraction of sp³-hybridized carbons (Fsp3) is 0.154. The monoisotopic (exact) mass is 345 g/mol. The van der Waals surface area contributed by atoms with Crippen molar-refractivity contribution in [2.45, 2.75) is 11.9 Å². The van der Waals surface area contributed by atoms with E-state index < -0.39 is 0 Å². The maximum Gasteiger partial charge on any atom is 0.138 e. The Bertz CT molecular complexity index is 531. The molecule has 5 heteroatoms. The molecule has 0 fully saturated rings. The smallest absolute Gasteiger partial charge is 0.138 e. The topological polar surface area (TPSA) is 22.1 Å². The molecular formula is C13H10BrCl2NO. The van der Waals surface area contributed by atoms with Gasteiger partial charge in [0.25, 0.3) is 0 Å². The fourth-order valence-electron chi connectivity index (χ4n) is 1.38.